The number of aromatic hydroxyl groups is 1. The number of phenolic OH excluding ortho intramolecular Hbond substituents is 1. The minimum absolute atomic E-state index is 0.00417. The third-order valence-corrected chi connectivity index (χ3v) is 6.13. The van der Waals surface area contributed by atoms with Crippen LogP contribution in [0.25, 0.3) is 11.1 Å². The van der Waals surface area contributed by atoms with Gasteiger partial charge >= 0.3 is 5.97 Å². The van der Waals surface area contributed by atoms with Crippen LogP contribution in [0.1, 0.15) is 33.2 Å². The number of aromatic carboxylic acids is 1. The summed E-state index contributed by atoms with van der Waals surface area (Å²) in [5.74, 6) is -0.460. The average Bonchev–Trinajstić information content (AvgIpc) is 2.81. The Balaban J connectivity index is 1.54. The zero-order chi connectivity index (χ0) is 26.5. The summed E-state index contributed by atoms with van der Waals surface area (Å²) in [7, 11) is -3.57. The summed E-state index contributed by atoms with van der Waals surface area (Å²) in [6, 6.07) is 14.9. The van der Waals surface area contributed by atoms with Crippen molar-refractivity contribution in [3.05, 3.63) is 76.9 Å². The summed E-state index contributed by atoms with van der Waals surface area (Å²) in [5, 5.41) is 32.4. The molecule has 0 saturated heterocycles. The quantitative estimate of drug-likeness (QED) is 0.193. The molecule has 0 amide bonds. The van der Waals surface area contributed by atoms with Gasteiger partial charge in [-0.15, -0.1) is 0 Å². The molecule has 3 aromatic carbocycles. The van der Waals surface area contributed by atoms with Gasteiger partial charge in [-0.1, -0.05) is 18.2 Å². The molecule has 0 heterocycles. The summed E-state index contributed by atoms with van der Waals surface area (Å²) in [6.45, 7) is 4.92. The first-order valence-electron chi connectivity index (χ1n) is 11.2. The van der Waals surface area contributed by atoms with E-state index in [0.29, 0.717) is 18.7 Å². The molecular weight excluding hydrogens is 484 g/mol. The number of aliphatic hydroxyl groups is 1. The predicted octanol–water partition coefficient (Wildman–Crippen LogP) is 3.45. The van der Waals surface area contributed by atoms with Crippen LogP contribution >= 0.6 is 0 Å². The second-order valence-electron chi connectivity index (χ2n) is 8.53. The number of hydrogen-bond acceptors (Lipinski definition) is 7. The first kappa shape index (κ1) is 27.0. The number of carbonyl (C=O) groups is 1. The minimum atomic E-state index is -3.57. The highest BCUT2D eigenvalue weighted by molar-refractivity contribution is 7.92. The van der Waals surface area contributed by atoms with Crippen molar-refractivity contribution in [1.29, 1.82) is 0 Å². The van der Waals surface area contributed by atoms with E-state index >= 15 is 0 Å². The maximum absolute atomic E-state index is 11.4. The standard InChI is InChI=1S/C26H30N2O7S/c1-16-13-25(17(2)12-21(16)18-4-6-19(7-5-18)26(31)32)35-11-10-27-15-24(30)20-8-9-23(29)22(14-20)28-36(3,33)34/h4-9,12-14,24,27-30H,10-11,15H2,1-3H3,(H,31,32)/t24-/m0/s1. The van der Waals surface area contributed by atoms with Gasteiger partial charge in [0, 0.05) is 13.1 Å². The molecule has 0 aliphatic carbocycles. The monoisotopic (exact) mass is 514 g/mol. The molecule has 0 aliphatic heterocycles. The van der Waals surface area contributed by atoms with Crippen LogP contribution in [0, 0.1) is 13.8 Å². The number of rotatable bonds is 11. The third-order valence-electron chi connectivity index (χ3n) is 5.54. The Labute approximate surface area is 210 Å². The number of nitrogens with one attached hydrogen (secondary N) is 2. The number of anilines is 1. The van der Waals surface area contributed by atoms with Gasteiger partial charge in [-0.25, -0.2) is 13.2 Å². The fourth-order valence-electron chi connectivity index (χ4n) is 3.68. The van der Waals surface area contributed by atoms with Crippen LogP contribution in [0.2, 0.25) is 0 Å². The largest absolute Gasteiger partial charge is 0.506 e. The highest BCUT2D eigenvalue weighted by atomic mass is 32.2. The van der Waals surface area contributed by atoms with Gasteiger partial charge in [0.25, 0.3) is 0 Å². The summed E-state index contributed by atoms with van der Waals surface area (Å²) >= 11 is 0. The molecule has 0 radical (unpaired) electrons. The van der Waals surface area contributed by atoms with Crippen LogP contribution in [0.4, 0.5) is 5.69 Å². The smallest absolute Gasteiger partial charge is 0.335 e. The average molecular weight is 515 g/mol. The number of phenols is 1. The zero-order valence-corrected chi connectivity index (χ0v) is 21.1. The molecule has 0 aliphatic rings. The molecule has 3 aromatic rings. The van der Waals surface area contributed by atoms with Gasteiger partial charge in [0.2, 0.25) is 10.0 Å². The van der Waals surface area contributed by atoms with Crippen LogP contribution in [0.15, 0.2) is 54.6 Å². The second-order valence-corrected chi connectivity index (χ2v) is 10.3. The lowest BCUT2D eigenvalue weighted by Crippen LogP contribution is -2.26. The molecule has 36 heavy (non-hydrogen) atoms. The number of benzene rings is 3. The predicted molar refractivity (Wildman–Crippen MR) is 138 cm³/mol. The Kier molecular flexibility index (Phi) is 8.57. The fourth-order valence-corrected chi connectivity index (χ4v) is 4.24. The molecule has 3 rings (SSSR count). The van der Waals surface area contributed by atoms with E-state index in [1.54, 1.807) is 24.3 Å². The van der Waals surface area contributed by atoms with Gasteiger partial charge in [0.1, 0.15) is 18.1 Å². The number of carboxylic acids is 1. The van der Waals surface area contributed by atoms with Crippen LogP contribution in [-0.2, 0) is 10.0 Å². The summed E-state index contributed by atoms with van der Waals surface area (Å²) in [4.78, 5) is 11.1. The molecule has 1 atom stereocenters. The van der Waals surface area contributed by atoms with E-state index in [-0.39, 0.29) is 23.5 Å². The second kappa shape index (κ2) is 11.4. The molecule has 0 spiro atoms. The molecule has 0 bridgehead atoms. The van der Waals surface area contributed by atoms with Crippen LogP contribution in [0.3, 0.4) is 0 Å². The van der Waals surface area contributed by atoms with Crippen molar-refractivity contribution in [2.75, 3.05) is 30.7 Å². The molecule has 5 N–H and O–H groups in total. The van der Waals surface area contributed by atoms with Gasteiger partial charge < -0.3 is 25.4 Å². The van der Waals surface area contributed by atoms with Crippen molar-refractivity contribution in [2.24, 2.45) is 0 Å². The number of ether oxygens (including phenoxy) is 1. The molecular formula is C26H30N2O7S. The minimum Gasteiger partial charge on any atom is -0.506 e. The van der Waals surface area contributed by atoms with Gasteiger partial charge in [-0.3, -0.25) is 4.72 Å². The van der Waals surface area contributed by atoms with E-state index in [0.717, 1.165) is 34.3 Å². The van der Waals surface area contributed by atoms with Crippen LogP contribution in [-0.4, -0.2) is 55.7 Å². The zero-order valence-electron chi connectivity index (χ0n) is 20.3. The van der Waals surface area contributed by atoms with Crippen molar-refractivity contribution in [1.82, 2.24) is 5.32 Å². The number of sulfonamides is 1. The number of aliphatic hydroxyl groups excluding tert-OH is 1. The summed E-state index contributed by atoms with van der Waals surface area (Å²) < 4.78 is 31.0. The van der Waals surface area contributed by atoms with E-state index in [1.165, 1.54) is 18.2 Å². The molecule has 192 valence electrons. The van der Waals surface area contributed by atoms with Gasteiger partial charge in [0.15, 0.2) is 0 Å². The van der Waals surface area contributed by atoms with E-state index in [1.807, 2.05) is 26.0 Å². The maximum atomic E-state index is 11.4. The topological polar surface area (TPSA) is 145 Å². The highest BCUT2D eigenvalue weighted by Gasteiger charge is 2.13. The van der Waals surface area contributed by atoms with Crippen LogP contribution < -0.4 is 14.8 Å². The Morgan fingerprint density at radius 3 is 2.36 bits per heavy atom. The molecule has 10 heteroatoms. The van der Waals surface area contributed by atoms with Crippen LogP contribution in [0.5, 0.6) is 11.5 Å². The summed E-state index contributed by atoms with van der Waals surface area (Å²) in [5.41, 5.74) is 4.54. The van der Waals surface area contributed by atoms with E-state index in [4.69, 9.17) is 9.84 Å². The molecule has 0 saturated carbocycles. The van der Waals surface area contributed by atoms with Crippen molar-refractivity contribution < 1.29 is 33.3 Å². The van der Waals surface area contributed by atoms with Gasteiger partial charge in [-0.2, -0.15) is 0 Å². The lowest BCUT2D eigenvalue weighted by molar-refractivity contribution is 0.0697. The Morgan fingerprint density at radius 1 is 1.03 bits per heavy atom. The molecule has 0 fully saturated rings. The fraction of sp³-hybridized carbons (Fsp3) is 0.269. The number of aryl methyl sites for hydroxylation is 2. The van der Waals surface area contributed by atoms with Crippen molar-refractivity contribution >= 4 is 21.7 Å². The Bertz CT molecular complexity index is 1340. The molecule has 0 unspecified atom stereocenters. The van der Waals surface area contributed by atoms with Crippen molar-refractivity contribution in [3.8, 4) is 22.6 Å². The highest BCUT2D eigenvalue weighted by Crippen LogP contribution is 2.31. The molecule has 0 aromatic heterocycles. The van der Waals surface area contributed by atoms with E-state index in [2.05, 4.69) is 10.0 Å². The van der Waals surface area contributed by atoms with Crippen molar-refractivity contribution in [2.45, 2.75) is 20.0 Å². The SMILES string of the molecule is Cc1cc(-c2ccc(C(=O)O)cc2)c(C)cc1OCCNC[C@H](O)c1ccc(O)c(NS(C)(=O)=O)c1. The van der Waals surface area contributed by atoms with Gasteiger partial charge in [0.05, 0.1) is 23.6 Å². The normalized spacial score (nSPS) is 12.2. The first-order chi connectivity index (χ1) is 16.9. The molecule has 9 nitrogen and oxygen atoms in total. The lowest BCUT2D eigenvalue weighted by Gasteiger charge is -2.16. The van der Waals surface area contributed by atoms with Gasteiger partial charge in [-0.05, 0) is 78.1 Å². The van der Waals surface area contributed by atoms with E-state index in [9.17, 15) is 23.4 Å². The first-order valence-corrected chi connectivity index (χ1v) is 13.1. The Morgan fingerprint density at radius 2 is 1.72 bits per heavy atom. The number of carboxylic acid groups (broad SMARTS) is 1. The van der Waals surface area contributed by atoms with E-state index < -0.39 is 22.1 Å². The number of hydrogen-bond donors (Lipinski definition) is 5. The Hall–Kier alpha value is -3.60. The third kappa shape index (κ3) is 7.20. The lowest BCUT2D eigenvalue weighted by atomic mass is 9.97. The van der Waals surface area contributed by atoms with Crippen molar-refractivity contribution in [3.63, 3.8) is 0 Å². The summed E-state index contributed by atoms with van der Waals surface area (Å²) in [6.07, 6.45) is 0.0633. The maximum Gasteiger partial charge on any atom is 0.335 e.